The highest BCUT2D eigenvalue weighted by Crippen LogP contribution is 2.37. The Morgan fingerprint density at radius 1 is 1.05 bits per heavy atom. The summed E-state index contributed by atoms with van der Waals surface area (Å²) in [4.78, 5) is 12.5. The van der Waals surface area contributed by atoms with Gasteiger partial charge in [0, 0.05) is 0 Å². The van der Waals surface area contributed by atoms with Crippen molar-refractivity contribution in [2.75, 3.05) is 17.5 Å². The fourth-order valence-corrected chi connectivity index (χ4v) is 4.96. The zero-order valence-electron chi connectivity index (χ0n) is 19.8. The molecule has 0 unspecified atom stereocenters. The zero-order chi connectivity index (χ0) is 27.2. The number of hydrogen-bond donors (Lipinski definition) is 1. The molecule has 0 aliphatic rings. The van der Waals surface area contributed by atoms with Crippen LogP contribution in [-0.4, -0.2) is 33.2 Å². The summed E-state index contributed by atoms with van der Waals surface area (Å²) >= 11 is 6.12. The van der Waals surface area contributed by atoms with E-state index >= 15 is 0 Å². The van der Waals surface area contributed by atoms with Crippen LogP contribution in [0.2, 0.25) is 5.02 Å². The van der Waals surface area contributed by atoms with E-state index in [1.807, 2.05) is 6.92 Å². The van der Waals surface area contributed by atoms with E-state index in [1.54, 1.807) is 37.3 Å². The van der Waals surface area contributed by atoms with Gasteiger partial charge in [-0.25, -0.2) is 13.8 Å². The fourth-order valence-electron chi connectivity index (χ4n) is 3.24. The van der Waals surface area contributed by atoms with E-state index in [0.717, 1.165) is 12.1 Å². The van der Waals surface area contributed by atoms with Gasteiger partial charge < -0.3 is 4.74 Å². The molecule has 3 aromatic carbocycles. The first-order chi connectivity index (χ1) is 17.4. The third-order valence-electron chi connectivity index (χ3n) is 5.09. The molecule has 12 heteroatoms. The Bertz CT molecular complexity index is 1380. The van der Waals surface area contributed by atoms with Crippen LogP contribution in [0.5, 0.6) is 5.75 Å². The smallest absolute Gasteiger partial charge is 0.416 e. The summed E-state index contributed by atoms with van der Waals surface area (Å²) in [7, 11) is -4.48. The first-order valence-electron chi connectivity index (χ1n) is 10.9. The number of halogens is 4. The lowest BCUT2D eigenvalue weighted by Crippen LogP contribution is -2.40. The number of hydrogen-bond acceptors (Lipinski definition) is 5. The highest BCUT2D eigenvalue weighted by Gasteiger charge is 2.34. The van der Waals surface area contributed by atoms with Gasteiger partial charge in [-0.1, -0.05) is 29.8 Å². The second kappa shape index (κ2) is 11.7. The predicted octanol–water partition coefficient (Wildman–Crippen LogP) is 5.49. The molecule has 1 amide bonds. The van der Waals surface area contributed by atoms with Crippen molar-refractivity contribution in [1.29, 1.82) is 0 Å². The van der Waals surface area contributed by atoms with Crippen molar-refractivity contribution in [1.82, 2.24) is 5.43 Å². The molecular weight excluding hydrogens is 531 g/mol. The molecule has 0 radical (unpaired) electrons. The summed E-state index contributed by atoms with van der Waals surface area (Å²) in [6, 6.07) is 16.1. The first-order valence-corrected chi connectivity index (χ1v) is 12.8. The normalized spacial score (nSPS) is 12.2. The Balaban J connectivity index is 1.93. The van der Waals surface area contributed by atoms with Crippen molar-refractivity contribution in [2.24, 2.45) is 5.10 Å². The summed E-state index contributed by atoms with van der Waals surface area (Å²) in [6.45, 7) is 3.10. The molecule has 196 valence electrons. The van der Waals surface area contributed by atoms with Gasteiger partial charge >= 0.3 is 6.18 Å². The van der Waals surface area contributed by atoms with Crippen molar-refractivity contribution in [3.63, 3.8) is 0 Å². The topological polar surface area (TPSA) is 88.1 Å². The van der Waals surface area contributed by atoms with Gasteiger partial charge in [0.15, 0.2) is 0 Å². The van der Waals surface area contributed by atoms with Crippen molar-refractivity contribution < 1.29 is 31.1 Å². The molecule has 0 aliphatic heterocycles. The van der Waals surface area contributed by atoms with Gasteiger partial charge in [0.25, 0.3) is 15.9 Å². The van der Waals surface area contributed by atoms with Crippen LogP contribution in [0, 0.1) is 0 Å². The molecule has 0 spiro atoms. The number of benzene rings is 3. The summed E-state index contributed by atoms with van der Waals surface area (Å²) in [5, 5.41) is 3.71. The zero-order valence-corrected chi connectivity index (χ0v) is 21.4. The monoisotopic (exact) mass is 553 g/mol. The minimum absolute atomic E-state index is 0.231. The van der Waals surface area contributed by atoms with Gasteiger partial charge in [-0.05, 0) is 74.0 Å². The van der Waals surface area contributed by atoms with E-state index < -0.39 is 39.9 Å². The molecule has 1 N–H and O–H groups in total. The molecular formula is C25H23ClF3N3O4S. The van der Waals surface area contributed by atoms with Crippen LogP contribution in [0.1, 0.15) is 25.0 Å². The fraction of sp³-hybridized carbons (Fsp3) is 0.200. The standard InChI is InChI=1S/C25H23ClF3N3O4S/c1-3-36-20-12-9-18(10-13-20)17(2)30-31-24(33)16-32(37(34,35)21-7-5-4-6-8-21)23-15-19(25(27,28)29)11-14-22(23)26/h4-15H,3,16H2,1-2H3,(H,31,33)/b30-17-. The van der Waals surface area contributed by atoms with E-state index in [4.69, 9.17) is 16.3 Å². The Kier molecular flexibility index (Phi) is 8.82. The quantitative estimate of drug-likeness (QED) is 0.280. The predicted molar refractivity (Wildman–Crippen MR) is 135 cm³/mol. The maximum atomic E-state index is 13.4. The van der Waals surface area contributed by atoms with E-state index in [-0.39, 0.29) is 9.92 Å². The maximum Gasteiger partial charge on any atom is 0.416 e. The van der Waals surface area contributed by atoms with Crippen LogP contribution in [-0.2, 0) is 21.0 Å². The third kappa shape index (κ3) is 7.01. The molecule has 37 heavy (non-hydrogen) atoms. The van der Waals surface area contributed by atoms with E-state index in [9.17, 15) is 26.4 Å². The van der Waals surface area contributed by atoms with Crippen LogP contribution >= 0.6 is 11.6 Å². The summed E-state index contributed by atoms with van der Waals surface area (Å²) in [5.41, 5.74) is 1.71. The van der Waals surface area contributed by atoms with Gasteiger partial charge in [0.1, 0.15) is 12.3 Å². The van der Waals surface area contributed by atoms with E-state index in [1.165, 1.54) is 24.3 Å². The van der Waals surface area contributed by atoms with Crippen LogP contribution in [0.25, 0.3) is 0 Å². The van der Waals surface area contributed by atoms with Gasteiger partial charge in [-0.3, -0.25) is 9.10 Å². The van der Waals surface area contributed by atoms with Crippen LogP contribution in [0.4, 0.5) is 18.9 Å². The maximum absolute atomic E-state index is 13.4. The van der Waals surface area contributed by atoms with Gasteiger partial charge in [0.2, 0.25) is 0 Å². The van der Waals surface area contributed by atoms with Crippen molar-refractivity contribution in [3.05, 3.63) is 88.9 Å². The SMILES string of the molecule is CCOc1ccc(/C(C)=N\NC(=O)CN(c2cc(C(F)(F)F)ccc2Cl)S(=O)(=O)c2ccccc2)cc1. The Morgan fingerprint density at radius 3 is 2.30 bits per heavy atom. The average molecular weight is 554 g/mol. The Morgan fingerprint density at radius 2 is 1.70 bits per heavy atom. The van der Waals surface area contributed by atoms with E-state index in [0.29, 0.717) is 34.0 Å². The molecule has 3 aromatic rings. The number of amides is 1. The molecule has 0 fully saturated rings. The molecule has 0 aromatic heterocycles. The molecule has 7 nitrogen and oxygen atoms in total. The van der Waals surface area contributed by atoms with E-state index in [2.05, 4.69) is 10.5 Å². The molecule has 3 rings (SSSR count). The largest absolute Gasteiger partial charge is 0.494 e. The number of nitrogens with one attached hydrogen (secondary N) is 1. The number of ether oxygens (including phenoxy) is 1. The first kappa shape index (κ1) is 28.0. The molecule has 0 atom stereocenters. The molecule has 0 saturated heterocycles. The number of hydrazone groups is 1. The molecule has 0 aliphatic carbocycles. The molecule has 0 heterocycles. The number of carbonyl (C=O) groups excluding carboxylic acids is 1. The Labute approximate surface area is 217 Å². The summed E-state index contributed by atoms with van der Waals surface area (Å²) in [6.07, 6.45) is -4.76. The molecule has 0 bridgehead atoms. The summed E-state index contributed by atoms with van der Waals surface area (Å²) < 4.78 is 72.8. The second-order valence-electron chi connectivity index (χ2n) is 7.68. The lowest BCUT2D eigenvalue weighted by atomic mass is 10.1. The number of rotatable bonds is 9. The second-order valence-corrected chi connectivity index (χ2v) is 9.95. The van der Waals surface area contributed by atoms with Crippen LogP contribution in [0.15, 0.2) is 82.8 Å². The summed E-state index contributed by atoms with van der Waals surface area (Å²) in [5.74, 6) is -0.235. The van der Waals surface area contributed by atoms with Gasteiger partial charge in [-0.15, -0.1) is 0 Å². The number of sulfonamides is 1. The minimum Gasteiger partial charge on any atom is -0.494 e. The molecule has 0 saturated carbocycles. The third-order valence-corrected chi connectivity index (χ3v) is 7.19. The van der Waals surface area contributed by atoms with Crippen molar-refractivity contribution >= 4 is 38.9 Å². The average Bonchev–Trinajstić information content (AvgIpc) is 2.86. The van der Waals surface area contributed by atoms with Gasteiger partial charge in [-0.2, -0.15) is 18.3 Å². The van der Waals surface area contributed by atoms with Crippen molar-refractivity contribution in [2.45, 2.75) is 24.9 Å². The number of alkyl halides is 3. The lowest BCUT2D eigenvalue weighted by Gasteiger charge is -2.25. The minimum atomic E-state index is -4.76. The van der Waals surface area contributed by atoms with Crippen LogP contribution < -0.4 is 14.5 Å². The Hall–Kier alpha value is -3.57. The number of carbonyl (C=O) groups is 1. The number of anilines is 1. The van der Waals surface area contributed by atoms with Crippen LogP contribution in [0.3, 0.4) is 0 Å². The highest BCUT2D eigenvalue weighted by molar-refractivity contribution is 7.92. The number of nitrogens with zero attached hydrogens (tertiary/aromatic N) is 2. The van der Waals surface area contributed by atoms with Gasteiger partial charge in [0.05, 0.1) is 33.5 Å². The van der Waals surface area contributed by atoms with Crippen molar-refractivity contribution in [3.8, 4) is 5.75 Å². The lowest BCUT2D eigenvalue weighted by molar-refractivity contribution is -0.137. The highest BCUT2D eigenvalue weighted by atomic mass is 35.5.